The summed E-state index contributed by atoms with van der Waals surface area (Å²) in [5.41, 5.74) is 0.478. The highest BCUT2D eigenvalue weighted by Crippen LogP contribution is 2.16. The van der Waals surface area contributed by atoms with Crippen molar-refractivity contribution in [2.45, 2.75) is 12.5 Å². The zero-order chi connectivity index (χ0) is 15.0. The molecule has 0 aliphatic carbocycles. The van der Waals surface area contributed by atoms with Crippen molar-refractivity contribution in [3.8, 4) is 0 Å². The molecule has 1 aliphatic rings. The number of aromatic amines is 1. The van der Waals surface area contributed by atoms with E-state index in [9.17, 15) is 18.0 Å². The number of benzene rings is 1. The van der Waals surface area contributed by atoms with Gasteiger partial charge in [-0.25, -0.2) is 8.42 Å². The minimum Gasteiger partial charge on any atom is -0.348 e. The summed E-state index contributed by atoms with van der Waals surface area (Å²) in [4.78, 5) is 26.6. The molecule has 2 aromatic rings. The molecule has 2 heterocycles. The third kappa shape index (κ3) is 2.82. The summed E-state index contributed by atoms with van der Waals surface area (Å²) < 4.78 is 22.8. The van der Waals surface area contributed by atoms with Crippen molar-refractivity contribution in [2.24, 2.45) is 0 Å². The molecule has 7 heteroatoms. The molecule has 1 atom stereocenters. The number of fused-ring (bicyclic) bond motifs is 1. The van der Waals surface area contributed by atoms with Gasteiger partial charge >= 0.3 is 0 Å². The maximum atomic E-state index is 12.3. The van der Waals surface area contributed by atoms with Crippen molar-refractivity contribution in [1.29, 1.82) is 0 Å². The molecule has 0 radical (unpaired) electrons. The molecular formula is C14H14N2O4S. The van der Waals surface area contributed by atoms with E-state index in [0.29, 0.717) is 17.3 Å². The van der Waals surface area contributed by atoms with Gasteiger partial charge in [0.05, 0.1) is 17.1 Å². The quantitative estimate of drug-likeness (QED) is 0.841. The van der Waals surface area contributed by atoms with E-state index in [-0.39, 0.29) is 28.7 Å². The number of hydrogen-bond acceptors (Lipinski definition) is 4. The Hall–Kier alpha value is -2.15. The standard InChI is InChI=1S/C14H14N2O4S/c17-13-7-11(10-3-1-2-4-12(10)16-13)14(18)15-9-5-6-21(19,20)8-9/h1-4,7,9H,5-6,8H2,(H,15,18)(H,16,17). The minimum atomic E-state index is -3.06. The van der Waals surface area contributed by atoms with Gasteiger partial charge < -0.3 is 10.3 Å². The van der Waals surface area contributed by atoms with Gasteiger partial charge in [0.1, 0.15) is 0 Å². The van der Waals surface area contributed by atoms with Crippen molar-refractivity contribution in [1.82, 2.24) is 10.3 Å². The van der Waals surface area contributed by atoms with Gasteiger partial charge in [0, 0.05) is 23.0 Å². The lowest BCUT2D eigenvalue weighted by atomic mass is 10.1. The highest BCUT2D eigenvalue weighted by atomic mass is 32.2. The lowest BCUT2D eigenvalue weighted by Gasteiger charge is -2.12. The van der Waals surface area contributed by atoms with Crippen LogP contribution in [-0.2, 0) is 9.84 Å². The maximum absolute atomic E-state index is 12.3. The number of carbonyl (C=O) groups is 1. The third-order valence-corrected chi connectivity index (χ3v) is 5.33. The smallest absolute Gasteiger partial charge is 0.252 e. The second-order valence-electron chi connectivity index (χ2n) is 5.17. The average molecular weight is 306 g/mol. The first kappa shape index (κ1) is 13.8. The predicted molar refractivity (Wildman–Crippen MR) is 79.1 cm³/mol. The summed E-state index contributed by atoms with van der Waals surface area (Å²) >= 11 is 0. The van der Waals surface area contributed by atoms with E-state index in [1.54, 1.807) is 24.3 Å². The highest BCUT2D eigenvalue weighted by Gasteiger charge is 2.29. The first-order valence-electron chi connectivity index (χ1n) is 6.58. The molecule has 110 valence electrons. The molecule has 0 bridgehead atoms. The lowest BCUT2D eigenvalue weighted by Crippen LogP contribution is -2.36. The van der Waals surface area contributed by atoms with Crippen molar-refractivity contribution in [3.05, 3.63) is 46.2 Å². The van der Waals surface area contributed by atoms with Gasteiger partial charge in [-0.3, -0.25) is 9.59 Å². The van der Waals surface area contributed by atoms with Crippen LogP contribution in [0.25, 0.3) is 10.9 Å². The third-order valence-electron chi connectivity index (χ3n) is 3.56. The van der Waals surface area contributed by atoms with Gasteiger partial charge in [-0.15, -0.1) is 0 Å². The fraction of sp³-hybridized carbons (Fsp3) is 0.286. The van der Waals surface area contributed by atoms with Crippen molar-refractivity contribution in [2.75, 3.05) is 11.5 Å². The van der Waals surface area contributed by atoms with Gasteiger partial charge in [-0.05, 0) is 12.5 Å². The van der Waals surface area contributed by atoms with Crippen LogP contribution in [0.4, 0.5) is 0 Å². The Labute approximate surface area is 121 Å². The number of pyridine rings is 1. The molecule has 0 saturated carbocycles. The Morgan fingerprint density at radius 1 is 1.29 bits per heavy atom. The number of nitrogens with one attached hydrogen (secondary N) is 2. The Bertz CT molecular complexity index is 870. The fourth-order valence-electron chi connectivity index (χ4n) is 2.56. The summed E-state index contributed by atoms with van der Waals surface area (Å²) in [6, 6.07) is 7.85. The molecule has 1 amide bonds. The predicted octanol–water partition coefficient (Wildman–Crippen LogP) is 0.445. The SMILES string of the molecule is O=C(NC1CCS(=O)(=O)C1)c1cc(=O)[nH]c2ccccc12. The van der Waals surface area contributed by atoms with E-state index in [4.69, 9.17) is 0 Å². The first-order valence-corrected chi connectivity index (χ1v) is 8.40. The molecule has 1 saturated heterocycles. The van der Waals surface area contributed by atoms with Crippen LogP contribution in [-0.4, -0.2) is 36.9 Å². The normalized spacial score (nSPS) is 20.5. The Morgan fingerprint density at radius 2 is 2.05 bits per heavy atom. The lowest BCUT2D eigenvalue weighted by molar-refractivity contribution is 0.0942. The van der Waals surface area contributed by atoms with Crippen LogP contribution in [0, 0.1) is 0 Å². The summed E-state index contributed by atoms with van der Waals surface area (Å²) in [7, 11) is -3.06. The van der Waals surface area contributed by atoms with E-state index in [1.165, 1.54) is 6.07 Å². The minimum absolute atomic E-state index is 0.0418. The van der Waals surface area contributed by atoms with Gasteiger partial charge in [0.2, 0.25) is 5.56 Å². The number of amides is 1. The fourth-order valence-corrected chi connectivity index (χ4v) is 4.24. The topological polar surface area (TPSA) is 96.1 Å². The maximum Gasteiger partial charge on any atom is 0.252 e. The van der Waals surface area contributed by atoms with Crippen LogP contribution < -0.4 is 10.9 Å². The van der Waals surface area contributed by atoms with Crippen molar-refractivity contribution < 1.29 is 13.2 Å². The van der Waals surface area contributed by atoms with E-state index in [2.05, 4.69) is 10.3 Å². The molecule has 2 N–H and O–H groups in total. The number of hydrogen-bond donors (Lipinski definition) is 2. The van der Waals surface area contributed by atoms with Gasteiger partial charge in [-0.1, -0.05) is 18.2 Å². The van der Waals surface area contributed by atoms with Gasteiger partial charge in [0.15, 0.2) is 9.84 Å². The number of sulfone groups is 1. The van der Waals surface area contributed by atoms with E-state index in [1.807, 2.05) is 0 Å². The Kier molecular flexibility index (Phi) is 3.29. The van der Waals surface area contributed by atoms with Crippen molar-refractivity contribution in [3.63, 3.8) is 0 Å². The van der Waals surface area contributed by atoms with Crippen LogP contribution in [0.15, 0.2) is 35.1 Å². The molecular weight excluding hydrogens is 292 g/mol. The summed E-state index contributed by atoms with van der Waals surface area (Å²) in [6.45, 7) is 0. The van der Waals surface area contributed by atoms with Crippen LogP contribution >= 0.6 is 0 Å². The molecule has 21 heavy (non-hydrogen) atoms. The summed E-state index contributed by atoms with van der Waals surface area (Å²) in [5.74, 6) is -0.368. The highest BCUT2D eigenvalue weighted by molar-refractivity contribution is 7.91. The number of carbonyl (C=O) groups excluding carboxylic acids is 1. The van der Waals surface area contributed by atoms with E-state index >= 15 is 0 Å². The molecule has 1 aliphatic heterocycles. The van der Waals surface area contributed by atoms with Gasteiger partial charge in [0.25, 0.3) is 5.91 Å². The molecule has 1 unspecified atom stereocenters. The number of H-pyrrole nitrogens is 1. The Morgan fingerprint density at radius 3 is 2.76 bits per heavy atom. The number of para-hydroxylation sites is 1. The number of rotatable bonds is 2. The summed E-state index contributed by atoms with van der Waals surface area (Å²) in [5, 5.41) is 3.33. The monoisotopic (exact) mass is 306 g/mol. The van der Waals surface area contributed by atoms with E-state index in [0.717, 1.165) is 0 Å². The van der Waals surface area contributed by atoms with Crippen LogP contribution in [0.2, 0.25) is 0 Å². The zero-order valence-electron chi connectivity index (χ0n) is 11.1. The van der Waals surface area contributed by atoms with Crippen LogP contribution in [0.3, 0.4) is 0 Å². The second-order valence-corrected chi connectivity index (χ2v) is 7.39. The first-order chi connectivity index (χ1) is 9.94. The molecule has 3 rings (SSSR count). The number of aromatic nitrogens is 1. The average Bonchev–Trinajstić information content (AvgIpc) is 2.76. The van der Waals surface area contributed by atoms with Crippen LogP contribution in [0.5, 0.6) is 0 Å². The molecule has 1 fully saturated rings. The summed E-state index contributed by atoms with van der Waals surface area (Å²) in [6.07, 6.45) is 0.412. The van der Waals surface area contributed by atoms with Crippen LogP contribution in [0.1, 0.15) is 16.8 Å². The van der Waals surface area contributed by atoms with E-state index < -0.39 is 15.7 Å². The van der Waals surface area contributed by atoms with Crippen molar-refractivity contribution >= 4 is 26.6 Å². The second kappa shape index (κ2) is 5.00. The Balaban J connectivity index is 1.93. The molecule has 1 aromatic heterocycles. The molecule has 1 aromatic carbocycles. The molecule has 6 nitrogen and oxygen atoms in total. The zero-order valence-corrected chi connectivity index (χ0v) is 11.9. The molecule has 0 spiro atoms. The van der Waals surface area contributed by atoms with Gasteiger partial charge in [-0.2, -0.15) is 0 Å². The largest absolute Gasteiger partial charge is 0.348 e.